The summed E-state index contributed by atoms with van der Waals surface area (Å²) in [4.78, 5) is 11.2. The molecule has 0 aliphatic heterocycles. The number of methoxy groups -OCH3 is 1. The van der Waals surface area contributed by atoms with Gasteiger partial charge in [0.05, 0.1) is 12.7 Å². The molecule has 14 heavy (non-hydrogen) atoms. The second-order valence-electron chi connectivity index (χ2n) is 3.12. The van der Waals surface area contributed by atoms with Crippen molar-refractivity contribution in [1.82, 2.24) is 0 Å². The van der Waals surface area contributed by atoms with Gasteiger partial charge in [0.25, 0.3) is 0 Å². The van der Waals surface area contributed by atoms with Crippen molar-refractivity contribution in [3.05, 3.63) is 29.3 Å². The molecular formula is C10H14N2O2. The Kier molecular flexibility index (Phi) is 3.09. The minimum Gasteiger partial charge on any atom is -0.465 e. The van der Waals surface area contributed by atoms with E-state index in [-0.39, 0.29) is 12.0 Å². The van der Waals surface area contributed by atoms with Gasteiger partial charge in [0.2, 0.25) is 0 Å². The zero-order valence-corrected chi connectivity index (χ0v) is 8.28. The first kappa shape index (κ1) is 10.5. The van der Waals surface area contributed by atoms with E-state index < -0.39 is 0 Å². The molecule has 1 aromatic carbocycles. The van der Waals surface area contributed by atoms with E-state index >= 15 is 0 Å². The zero-order valence-electron chi connectivity index (χ0n) is 8.28. The third-order valence-corrected chi connectivity index (χ3v) is 2.00. The molecule has 0 aliphatic carbocycles. The fraction of sp³-hybridized carbons (Fsp3) is 0.300. The molecule has 0 bridgehead atoms. The second-order valence-corrected chi connectivity index (χ2v) is 3.12. The number of hydrogen-bond acceptors (Lipinski definition) is 4. The van der Waals surface area contributed by atoms with Gasteiger partial charge in [0.1, 0.15) is 0 Å². The Morgan fingerprint density at radius 3 is 2.64 bits per heavy atom. The molecule has 1 rings (SSSR count). The minimum atomic E-state index is -0.383. The van der Waals surface area contributed by atoms with E-state index in [1.807, 2.05) is 6.92 Å². The van der Waals surface area contributed by atoms with Crippen LogP contribution in [0.15, 0.2) is 18.2 Å². The highest BCUT2D eigenvalue weighted by atomic mass is 16.5. The predicted molar refractivity (Wildman–Crippen MR) is 54.8 cm³/mol. The van der Waals surface area contributed by atoms with E-state index in [0.29, 0.717) is 11.3 Å². The van der Waals surface area contributed by atoms with Crippen LogP contribution >= 0.6 is 0 Å². The molecular weight excluding hydrogens is 180 g/mol. The van der Waals surface area contributed by atoms with Gasteiger partial charge in [-0.05, 0) is 30.7 Å². The Morgan fingerprint density at radius 2 is 2.14 bits per heavy atom. The van der Waals surface area contributed by atoms with Crippen molar-refractivity contribution in [1.29, 1.82) is 0 Å². The summed E-state index contributed by atoms with van der Waals surface area (Å²) in [6.45, 7) is 1.81. The minimum absolute atomic E-state index is 0.195. The first-order valence-electron chi connectivity index (χ1n) is 4.29. The van der Waals surface area contributed by atoms with Crippen molar-refractivity contribution in [2.45, 2.75) is 13.0 Å². The number of hydrogen-bond donors (Lipinski definition) is 2. The average molecular weight is 194 g/mol. The zero-order chi connectivity index (χ0) is 10.7. The maximum absolute atomic E-state index is 11.2. The summed E-state index contributed by atoms with van der Waals surface area (Å²) in [6.07, 6.45) is 0. The first-order valence-corrected chi connectivity index (χ1v) is 4.29. The first-order chi connectivity index (χ1) is 6.56. The Bertz CT molecular complexity index is 348. The summed E-state index contributed by atoms with van der Waals surface area (Å²) in [5, 5.41) is 0. The summed E-state index contributed by atoms with van der Waals surface area (Å²) in [6, 6.07) is 4.74. The Labute approximate surface area is 82.8 Å². The maximum atomic E-state index is 11.2. The molecule has 0 unspecified atom stereocenters. The third-order valence-electron chi connectivity index (χ3n) is 2.00. The molecule has 0 radical (unpaired) electrons. The summed E-state index contributed by atoms with van der Waals surface area (Å²) < 4.78 is 4.59. The fourth-order valence-electron chi connectivity index (χ4n) is 1.21. The van der Waals surface area contributed by atoms with Crippen LogP contribution in [0.3, 0.4) is 0 Å². The average Bonchev–Trinajstić information content (AvgIpc) is 2.17. The Hall–Kier alpha value is -1.55. The quantitative estimate of drug-likeness (QED) is 0.545. The van der Waals surface area contributed by atoms with Gasteiger partial charge in [0.15, 0.2) is 0 Å². The molecule has 0 spiro atoms. The summed E-state index contributed by atoms with van der Waals surface area (Å²) >= 11 is 0. The van der Waals surface area contributed by atoms with Crippen LogP contribution in [0, 0.1) is 0 Å². The number of benzene rings is 1. The standard InChI is InChI=1S/C10H14N2O2/c1-6(11)8-5-7(10(13)14-2)3-4-9(8)12/h3-6H,11-12H2,1-2H3/t6-/m0/s1. The third kappa shape index (κ3) is 2.03. The van der Waals surface area contributed by atoms with Crippen LogP contribution < -0.4 is 11.5 Å². The van der Waals surface area contributed by atoms with Crippen LogP contribution in [0.25, 0.3) is 0 Å². The van der Waals surface area contributed by atoms with E-state index in [1.165, 1.54) is 7.11 Å². The van der Waals surface area contributed by atoms with Gasteiger partial charge in [-0.25, -0.2) is 4.79 Å². The van der Waals surface area contributed by atoms with Crippen molar-refractivity contribution in [3.63, 3.8) is 0 Å². The number of esters is 1. The van der Waals surface area contributed by atoms with Crippen LogP contribution in [-0.4, -0.2) is 13.1 Å². The largest absolute Gasteiger partial charge is 0.465 e. The van der Waals surface area contributed by atoms with Gasteiger partial charge in [-0.2, -0.15) is 0 Å². The summed E-state index contributed by atoms with van der Waals surface area (Å²) in [5.41, 5.74) is 13.2. The van der Waals surface area contributed by atoms with Crippen LogP contribution in [0.4, 0.5) is 5.69 Å². The molecule has 0 aliphatic rings. The molecule has 0 fully saturated rings. The molecule has 4 N–H and O–H groups in total. The van der Waals surface area contributed by atoms with Gasteiger partial charge in [-0.3, -0.25) is 0 Å². The predicted octanol–water partition coefficient (Wildman–Crippen LogP) is 1.08. The van der Waals surface area contributed by atoms with Gasteiger partial charge in [-0.15, -0.1) is 0 Å². The lowest BCUT2D eigenvalue weighted by atomic mass is 10.0. The molecule has 0 amide bonds. The van der Waals surface area contributed by atoms with Crippen LogP contribution in [0.5, 0.6) is 0 Å². The second kappa shape index (κ2) is 4.11. The molecule has 76 valence electrons. The molecule has 0 saturated carbocycles. The van der Waals surface area contributed by atoms with E-state index in [0.717, 1.165) is 5.56 Å². The number of ether oxygens (including phenoxy) is 1. The summed E-state index contributed by atoms with van der Waals surface area (Å²) in [7, 11) is 1.34. The van der Waals surface area contributed by atoms with Crippen molar-refractivity contribution in [2.24, 2.45) is 5.73 Å². The van der Waals surface area contributed by atoms with Gasteiger partial charge >= 0.3 is 5.97 Å². The van der Waals surface area contributed by atoms with Gasteiger partial charge in [0, 0.05) is 11.7 Å². The lowest BCUT2D eigenvalue weighted by Gasteiger charge is -2.10. The molecule has 4 nitrogen and oxygen atoms in total. The lowest BCUT2D eigenvalue weighted by Crippen LogP contribution is -2.10. The van der Waals surface area contributed by atoms with Crippen LogP contribution in [0.2, 0.25) is 0 Å². The highest BCUT2D eigenvalue weighted by Crippen LogP contribution is 2.20. The van der Waals surface area contributed by atoms with Crippen molar-refractivity contribution in [2.75, 3.05) is 12.8 Å². The number of nitrogens with two attached hydrogens (primary N) is 2. The SMILES string of the molecule is COC(=O)c1ccc(N)c([C@H](C)N)c1. The normalized spacial score (nSPS) is 12.2. The van der Waals surface area contributed by atoms with Gasteiger partial charge < -0.3 is 16.2 Å². The number of anilines is 1. The smallest absolute Gasteiger partial charge is 0.337 e. The van der Waals surface area contributed by atoms with E-state index in [4.69, 9.17) is 11.5 Å². The number of carbonyl (C=O) groups is 1. The van der Waals surface area contributed by atoms with Gasteiger partial charge in [-0.1, -0.05) is 0 Å². The topological polar surface area (TPSA) is 78.3 Å². The molecule has 4 heteroatoms. The number of nitrogen functional groups attached to an aromatic ring is 1. The highest BCUT2D eigenvalue weighted by molar-refractivity contribution is 5.90. The highest BCUT2D eigenvalue weighted by Gasteiger charge is 2.10. The lowest BCUT2D eigenvalue weighted by molar-refractivity contribution is 0.0600. The van der Waals surface area contributed by atoms with Crippen molar-refractivity contribution in [3.8, 4) is 0 Å². The van der Waals surface area contributed by atoms with E-state index in [1.54, 1.807) is 18.2 Å². The molecule has 0 aromatic heterocycles. The van der Waals surface area contributed by atoms with Crippen LogP contribution in [0.1, 0.15) is 28.9 Å². The maximum Gasteiger partial charge on any atom is 0.337 e. The summed E-state index contributed by atoms with van der Waals surface area (Å²) in [5.74, 6) is -0.383. The van der Waals surface area contributed by atoms with Crippen LogP contribution in [-0.2, 0) is 4.74 Å². The number of rotatable bonds is 2. The molecule has 0 saturated heterocycles. The molecule has 1 aromatic rings. The van der Waals surface area contributed by atoms with E-state index in [2.05, 4.69) is 4.74 Å². The Balaban J connectivity index is 3.13. The van der Waals surface area contributed by atoms with Crippen molar-refractivity contribution < 1.29 is 9.53 Å². The Morgan fingerprint density at radius 1 is 1.50 bits per heavy atom. The van der Waals surface area contributed by atoms with E-state index in [9.17, 15) is 4.79 Å². The molecule has 0 heterocycles. The van der Waals surface area contributed by atoms with Crippen molar-refractivity contribution >= 4 is 11.7 Å². The molecule has 1 atom stereocenters. The number of carbonyl (C=O) groups excluding carboxylic acids is 1. The monoisotopic (exact) mass is 194 g/mol. The fourth-order valence-corrected chi connectivity index (χ4v) is 1.21.